The first-order valence-corrected chi connectivity index (χ1v) is 19.7. The second-order valence-corrected chi connectivity index (χ2v) is 16.0. The van der Waals surface area contributed by atoms with E-state index in [4.69, 9.17) is 4.74 Å². The van der Waals surface area contributed by atoms with Crippen LogP contribution in [0.3, 0.4) is 0 Å². The van der Waals surface area contributed by atoms with E-state index in [1.807, 2.05) is 156 Å². The van der Waals surface area contributed by atoms with Crippen LogP contribution in [0.2, 0.25) is 0 Å². The molecular weight excluding hydrogens is 733 g/mol. The van der Waals surface area contributed by atoms with Crippen LogP contribution in [0.25, 0.3) is 10.9 Å². The van der Waals surface area contributed by atoms with Gasteiger partial charge in [-0.3, -0.25) is 19.7 Å². The summed E-state index contributed by atoms with van der Waals surface area (Å²) >= 11 is 0. The first-order valence-electron chi connectivity index (χ1n) is 19.7. The summed E-state index contributed by atoms with van der Waals surface area (Å²) in [5.74, 6) is -1.88. The van der Waals surface area contributed by atoms with Crippen molar-refractivity contribution in [3.8, 4) is 0 Å². The molecule has 0 saturated heterocycles. The average Bonchev–Trinajstić information content (AvgIpc) is 3.64. The SMILES string of the molecule is CC(C)[C@H](NC(=O)[C@H](NCc1ccccc1)[C@H](O)[C@H](Cc1ccccc1)NC(=O)[C@@H](NC(=O)OCc1ccccc1)C(C)(C)C)C(=O)NCc1cc2ccccc2[nH]1. The number of rotatable bonds is 18. The highest BCUT2D eigenvalue weighted by Gasteiger charge is 2.39. The summed E-state index contributed by atoms with van der Waals surface area (Å²) in [5, 5.41) is 28.0. The predicted molar refractivity (Wildman–Crippen MR) is 225 cm³/mol. The van der Waals surface area contributed by atoms with Crippen molar-refractivity contribution < 1.29 is 29.0 Å². The van der Waals surface area contributed by atoms with Crippen LogP contribution in [-0.2, 0) is 45.2 Å². The number of ether oxygens (including phenoxy) is 1. The summed E-state index contributed by atoms with van der Waals surface area (Å²) in [4.78, 5) is 58.6. The van der Waals surface area contributed by atoms with Crippen molar-refractivity contribution in [2.45, 2.75) is 91.0 Å². The van der Waals surface area contributed by atoms with Gasteiger partial charge in [0.1, 0.15) is 24.7 Å². The van der Waals surface area contributed by atoms with Crippen molar-refractivity contribution in [3.05, 3.63) is 144 Å². The third-order valence-electron chi connectivity index (χ3n) is 9.92. The van der Waals surface area contributed by atoms with Gasteiger partial charge in [-0.05, 0) is 52.0 Å². The second-order valence-electron chi connectivity index (χ2n) is 16.0. The van der Waals surface area contributed by atoms with Crippen LogP contribution in [0.15, 0.2) is 121 Å². The number of nitrogens with one attached hydrogen (secondary N) is 6. The number of aromatic amines is 1. The molecule has 12 nitrogen and oxygen atoms in total. The van der Waals surface area contributed by atoms with Gasteiger partial charge < -0.3 is 36.1 Å². The smallest absolute Gasteiger partial charge is 0.408 e. The van der Waals surface area contributed by atoms with Crippen molar-refractivity contribution in [1.29, 1.82) is 0 Å². The summed E-state index contributed by atoms with van der Waals surface area (Å²) in [5.41, 5.74) is 3.44. The molecule has 4 amide bonds. The number of alkyl carbamates (subject to hydrolysis) is 1. The maximum Gasteiger partial charge on any atom is 0.408 e. The molecule has 5 rings (SSSR count). The molecule has 4 aromatic carbocycles. The first-order chi connectivity index (χ1) is 27.8. The summed E-state index contributed by atoms with van der Waals surface area (Å²) in [6.45, 7) is 9.54. The fraction of sp³-hybridized carbons (Fsp3) is 0.348. The summed E-state index contributed by atoms with van der Waals surface area (Å²) in [6, 6.07) is 33.4. The number of benzene rings is 4. The monoisotopic (exact) mass is 788 g/mol. The highest BCUT2D eigenvalue weighted by atomic mass is 16.5. The van der Waals surface area contributed by atoms with Crippen LogP contribution in [-0.4, -0.2) is 64.2 Å². The van der Waals surface area contributed by atoms with Gasteiger partial charge in [0.05, 0.1) is 18.7 Å². The lowest BCUT2D eigenvalue weighted by atomic mass is 9.85. The fourth-order valence-electron chi connectivity index (χ4n) is 6.67. The quantitative estimate of drug-likeness (QED) is 0.0613. The lowest BCUT2D eigenvalue weighted by molar-refractivity contribution is -0.134. The third-order valence-corrected chi connectivity index (χ3v) is 9.92. The number of aliphatic hydroxyl groups is 1. The summed E-state index contributed by atoms with van der Waals surface area (Å²) in [6.07, 6.45) is -2.12. The van der Waals surface area contributed by atoms with Crippen molar-refractivity contribution in [1.82, 2.24) is 31.6 Å². The number of hydrogen-bond donors (Lipinski definition) is 7. The summed E-state index contributed by atoms with van der Waals surface area (Å²) in [7, 11) is 0. The Hall–Kier alpha value is -5.98. The van der Waals surface area contributed by atoms with E-state index in [9.17, 15) is 24.3 Å². The molecule has 0 radical (unpaired) electrons. The molecule has 5 atom stereocenters. The maximum absolute atomic E-state index is 14.4. The molecule has 0 aliphatic carbocycles. The number of amides is 4. The zero-order valence-corrected chi connectivity index (χ0v) is 33.8. The van der Waals surface area contributed by atoms with Gasteiger partial charge in [0.2, 0.25) is 17.7 Å². The molecule has 58 heavy (non-hydrogen) atoms. The molecule has 0 unspecified atom stereocenters. The largest absolute Gasteiger partial charge is 0.445 e. The number of aliphatic hydroxyl groups excluding tert-OH is 1. The van der Waals surface area contributed by atoms with Gasteiger partial charge in [0, 0.05) is 17.8 Å². The number of fused-ring (bicyclic) bond motifs is 1. The molecule has 0 fully saturated rings. The molecule has 0 aliphatic heterocycles. The minimum atomic E-state index is -1.50. The van der Waals surface area contributed by atoms with Crippen LogP contribution < -0.4 is 26.6 Å². The van der Waals surface area contributed by atoms with E-state index in [1.54, 1.807) is 0 Å². The highest BCUT2D eigenvalue weighted by Crippen LogP contribution is 2.21. The zero-order chi connectivity index (χ0) is 41.7. The minimum absolute atomic E-state index is 0.0167. The highest BCUT2D eigenvalue weighted by molar-refractivity contribution is 5.91. The second kappa shape index (κ2) is 20.4. The Morgan fingerprint density at radius 3 is 1.86 bits per heavy atom. The Morgan fingerprint density at radius 1 is 0.672 bits per heavy atom. The number of hydrogen-bond acceptors (Lipinski definition) is 7. The molecule has 0 bridgehead atoms. The number of H-pyrrole nitrogens is 1. The van der Waals surface area contributed by atoms with Gasteiger partial charge in [-0.25, -0.2) is 4.79 Å². The number of para-hydroxylation sites is 1. The molecule has 1 heterocycles. The van der Waals surface area contributed by atoms with E-state index < -0.39 is 53.6 Å². The zero-order valence-electron chi connectivity index (χ0n) is 33.8. The first kappa shape index (κ1) is 43.1. The van der Waals surface area contributed by atoms with E-state index in [0.717, 1.165) is 33.3 Å². The molecule has 0 saturated carbocycles. The minimum Gasteiger partial charge on any atom is -0.445 e. The van der Waals surface area contributed by atoms with E-state index in [0.29, 0.717) is 0 Å². The molecule has 1 aromatic heterocycles. The van der Waals surface area contributed by atoms with Gasteiger partial charge in [-0.1, -0.05) is 144 Å². The van der Waals surface area contributed by atoms with Crippen molar-refractivity contribution >= 4 is 34.7 Å². The molecule has 0 spiro atoms. The predicted octanol–water partition coefficient (Wildman–Crippen LogP) is 5.51. The number of aromatic nitrogens is 1. The summed E-state index contributed by atoms with van der Waals surface area (Å²) < 4.78 is 5.45. The number of carbonyl (C=O) groups is 4. The Morgan fingerprint density at radius 2 is 1.26 bits per heavy atom. The fourth-order valence-corrected chi connectivity index (χ4v) is 6.67. The lowest BCUT2D eigenvalue weighted by Crippen LogP contribution is -2.63. The Balaban J connectivity index is 1.37. The third kappa shape index (κ3) is 12.5. The maximum atomic E-state index is 14.4. The van der Waals surface area contributed by atoms with Gasteiger partial charge >= 0.3 is 6.09 Å². The van der Waals surface area contributed by atoms with Gasteiger partial charge in [-0.2, -0.15) is 0 Å². The molecule has 0 aliphatic rings. The van der Waals surface area contributed by atoms with E-state index in [1.165, 1.54) is 0 Å². The molecule has 306 valence electrons. The Labute approximate surface area is 340 Å². The topological polar surface area (TPSA) is 174 Å². The van der Waals surface area contributed by atoms with E-state index in [2.05, 4.69) is 31.6 Å². The normalized spacial score (nSPS) is 14.1. The molecule has 7 N–H and O–H groups in total. The molecular formula is C46H56N6O6. The van der Waals surface area contributed by atoms with Gasteiger partial charge in [0.25, 0.3) is 0 Å². The van der Waals surface area contributed by atoms with Crippen molar-refractivity contribution in [2.24, 2.45) is 11.3 Å². The van der Waals surface area contributed by atoms with Crippen molar-refractivity contribution in [2.75, 3.05) is 0 Å². The molecule has 5 aromatic rings. The molecule has 12 heteroatoms. The Kier molecular flexibility index (Phi) is 15.2. The Bertz CT molecular complexity index is 2050. The number of carbonyl (C=O) groups excluding carboxylic acids is 4. The van der Waals surface area contributed by atoms with Gasteiger partial charge in [-0.15, -0.1) is 0 Å². The van der Waals surface area contributed by atoms with Gasteiger partial charge in [0.15, 0.2) is 0 Å². The van der Waals surface area contributed by atoms with E-state index in [-0.39, 0.29) is 37.9 Å². The standard InChI is InChI=1S/C46H56N6O6/c1-30(2)38(42(54)48-28-35-26-34-23-15-16-24-36(34)49-35)51-43(55)39(47-27-32-19-11-7-12-20-32)40(53)37(25-31-17-9-6-10-18-31)50-44(56)41(46(3,4)5)52-45(57)58-29-33-21-13-8-14-22-33/h6-24,26,30,37-41,47,49,53H,25,27-29H2,1-5H3,(H,48,54)(H,50,56)(H,51,55)(H,52,57)/t37-,38-,39+,40+,41+/m0/s1. The van der Waals surface area contributed by atoms with Crippen LogP contribution in [0, 0.1) is 11.3 Å². The van der Waals surface area contributed by atoms with Crippen molar-refractivity contribution in [3.63, 3.8) is 0 Å². The average molecular weight is 789 g/mol. The lowest BCUT2D eigenvalue weighted by Gasteiger charge is -2.35. The van der Waals surface area contributed by atoms with Crippen LogP contribution in [0.4, 0.5) is 4.79 Å². The van der Waals surface area contributed by atoms with E-state index >= 15 is 0 Å². The van der Waals surface area contributed by atoms with Crippen LogP contribution >= 0.6 is 0 Å². The van der Waals surface area contributed by atoms with Crippen LogP contribution in [0.1, 0.15) is 57.0 Å². The van der Waals surface area contributed by atoms with Crippen LogP contribution in [0.5, 0.6) is 0 Å².